The molecule has 0 spiro atoms. The smallest absolute Gasteiger partial charge is 0.261 e. The zero-order valence-corrected chi connectivity index (χ0v) is 14.0. The predicted octanol–water partition coefficient (Wildman–Crippen LogP) is 2.03. The Morgan fingerprint density at radius 1 is 1.38 bits per heavy atom. The van der Waals surface area contributed by atoms with Crippen molar-refractivity contribution in [3.63, 3.8) is 0 Å². The Kier molecular flexibility index (Phi) is 5.13. The third-order valence-electron chi connectivity index (χ3n) is 4.26. The summed E-state index contributed by atoms with van der Waals surface area (Å²) in [6, 6.07) is 5.22. The van der Waals surface area contributed by atoms with Gasteiger partial charge in [-0.1, -0.05) is 19.8 Å². The van der Waals surface area contributed by atoms with Crippen molar-refractivity contribution in [1.82, 2.24) is 14.9 Å². The van der Waals surface area contributed by atoms with E-state index in [0.29, 0.717) is 23.2 Å². The highest BCUT2D eigenvalue weighted by molar-refractivity contribution is 5.80. The molecule has 0 fully saturated rings. The van der Waals surface area contributed by atoms with E-state index >= 15 is 0 Å². The number of carbonyl (C=O) groups excluding carboxylic acids is 1. The number of aryl methyl sites for hydroxylation is 1. The van der Waals surface area contributed by atoms with Crippen molar-refractivity contribution in [1.29, 1.82) is 0 Å². The van der Waals surface area contributed by atoms with Crippen LogP contribution in [0.25, 0.3) is 10.9 Å². The number of carbonyl (C=O) groups is 1. The summed E-state index contributed by atoms with van der Waals surface area (Å²) in [7, 11) is 0. The van der Waals surface area contributed by atoms with Crippen LogP contribution in [0.4, 0.5) is 0 Å². The summed E-state index contributed by atoms with van der Waals surface area (Å²) < 4.78 is 7.25. The molecule has 0 saturated carbocycles. The standard InChI is InChI=1S/C18H23N3O3/c1-2-3-4-9-19-17(22)12-24-13-7-8-15-14(11-13)18(23)21-10-5-6-16(21)20-15/h7-8,11H,2-6,9-10,12H2,1H3,(H,19,22). The van der Waals surface area contributed by atoms with E-state index in [4.69, 9.17) is 4.74 Å². The van der Waals surface area contributed by atoms with Gasteiger partial charge >= 0.3 is 0 Å². The van der Waals surface area contributed by atoms with Gasteiger partial charge in [-0.3, -0.25) is 14.2 Å². The molecule has 0 bridgehead atoms. The topological polar surface area (TPSA) is 73.2 Å². The Balaban J connectivity index is 1.66. The van der Waals surface area contributed by atoms with Crippen molar-refractivity contribution < 1.29 is 9.53 Å². The molecule has 6 nitrogen and oxygen atoms in total. The first-order chi connectivity index (χ1) is 11.7. The van der Waals surface area contributed by atoms with Crippen LogP contribution in [-0.2, 0) is 17.8 Å². The third kappa shape index (κ3) is 3.58. The van der Waals surface area contributed by atoms with E-state index < -0.39 is 0 Å². The first kappa shape index (κ1) is 16.5. The quantitative estimate of drug-likeness (QED) is 0.789. The first-order valence-electron chi connectivity index (χ1n) is 8.62. The predicted molar refractivity (Wildman–Crippen MR) is 92.4 cm³/mol. The lowest BCUT2D eigenvalue weighted by Gasteiger charge is -2.09. The van der Waals surface area contributed by atoms with E-state index in [9.17, 15) is 9.59 Å². The number of unbranched alkanes of at least 4 members (excludes halogenated alkanes) is 2. The van der Waals surface area contributed by atoms with E-state index in [1.54, 1.807) is 22.8 Å². The number of fused-ring (bicyclic) bond motifs is 2. The molecule has 1 N–H and O–H groups in total. The minimum absolute atomic E-state index is 0.0260. The molecule has 0 atom stereocenters. The molecule has 0 unspecified atom stereocenters. The minimum Gasteiger partial charge on any atom is -0.484 e. The monoisotopic (exact) mass is 329 g/mol. The van der Waals surface area contributed by atoms with Gasteiger partial charge in [-0.2, -0.15) is 0 Å². The van der Waals surface area contributed by atoms with Crippen molar-refractivity contribution in [2.75, 3.05) is 13.2 Å². The van der Waals surface area contributed by atoms with Crippen LogP contribution in [0.2, 0.25) is 0 Å². The third-order valence-corrected chi connectivity index (χ3v) is 4.26. The van der Waals surface area contributed by atoms with E-state index in [2.05, 4.69) is 17.2 Å². The van der Waals surface area contributed by atoms with Crippen LogP contribution in [0.3, 0.4) is 0 Å². The van der Waals surface area contributed by atoms with Gasteiger partial charge in [0.2, 0.25) is 0 Å². The molecule has 3 rings (SSSR count). The fourth-order valence-corrected chi connectivity index (χ4v) is 2.96. The fourth-order valence-electron chi connectivity index (χ4n) is 2.96. The van der Waals surface area contributed by atoms with Crippen molar-refractivity contribution >= 4 is 16.8 Å². The van der Waals surface area contributed by atoms with Crippen LogP contribution < -0.4 is 15.6 Å². The fraction of sp³-hybridized carbons (Fsp3) is 0.500. The number of benzene rings is 1. The summed E-state index contributed by atoms with van der Waals surface area (Å²) in [6.07, 6.45) is 5.01. The van der Waals surface area contributed by atoms with Crippen LogP contribution in [0.1, 0.15) is 38.4 Å². The number of hydrogen-bond acceptors (Lipinski definition) is 4. The van der Waals surface area contributed by atoms with Gasteiger partial charge in [-0.25, -0.2) is 4.98 Å². The molecule has 0 radical (unpaired) electrons. The maximum absolute atomic E-state index is 12.5. The number of hydrogen-bond donors (Lipinski definition) is 1. The van der Waals surface area contributed by atoms with Gasteiger partial charge < -0.3 is 10.1 Å². The van der Waals surface area contributed by atoms with Crippen LogP contribution in [0.5, 0.6) is 5.75 Å². The van der Waals surface area contributed by atoms with E-state index in [0.717, 1.165) is 44.5 Å². The van der Waals surface area contributed by atoms with Crippen LogP contribution in [0, 0.1) is 0 Å². The van der Waals surface area contributed by atoms with E-state index in [-0.39, 0.29) is 18.1 Å². The molecule has 0 aliphatic carbocycles. The number of amides is 1. The summed E-state index contributed by atoms with van der Waals surface area (Å²) in [4.78, 5) is 28.8. The average molecular weight is 329 g/mol. The van der Waals surface area contributed by atoms with Gasteiger partial charge in [-0.05, 0) is 31.0 Å². The summed E-state index contributed by atoms with van der Waals surface area (Å²) in [6.45, 7) is 3.47. The Hall–Kier alpha value is -2.37. The molecule has 24 heavy (non-hydrogen) atoms. The SMILES string of the molecule is CCCCCNC(=O)COc1ccc2nc3n(c(=O)c2c1)CCC3. The summed E-state index contributed by atoms with van der Waals surface area (Å²) in [5.74, 6) is 1.23. The minimum atomic E-state index is -0.144. The zero-order valence-electron chi connectivity index (χ0n) is 14.0. The Morgan fingerprint density at radius 3 is 3.08 bits per heavy atom. The van der Waals surface area contributed by atoms with Crippen molar-refractivity contribution in [3.05, 3.63) is 34.4 Å². The van der Waals surface area contributed by atoms with Gasteiger partial charge in [0.05, 0.1) is 10.9 Å². The molecule has 1 aliphatic heterocycles. The number of aromatic nitrogens is 2. The molecular weight excluding hydrogens is 306 g/mol. The average Bonchev–Trinajstić information content (AvgIpc) is 3.06. The van der Waals surface area contributed by atoms with Crippen LogP contribution in [0.15, 0.2) is 23.0 Å². The highest BCUT2D eigenvalue weighted by atomic mass is 16.5. The lowest BCUT2D eigenvalue weighted by molar-refractivity contribution is -0.123. The van der Waals surface area contributed by atoms with Crippen molar-refractivity contribution in [3.8, 4) is 5.75 Å². The molecule has 6 heteroatoms. The second-order valence-corrected chi connectivity index (χ2v) is 6.11. The zero-order chi connectivity index (χ0) is 16.9. The van der Waals surface area contributed by atoms with E-state index in [1.165, 1.54) is 0 Å². The lowest BCUT2D eigenvalue weighted by atomic mass is 10.2. The Morgan fingerprint density at radius 2 is 2.25 bits per heavy atom. The second-order valence-electron chi connectivity index (χ2n) is 6.11. The number of rotatable bonds is 7. The van der Waals surface area contributed by atoms with Gasteiger partial charge in [0.15, 0.2) is 6.61 Å². The molecule has 0 saturated heterocycles. The molecule has 2 heterocycles. The summed E-state index contributed by atoms with van der Waals surface area (Å²) in [5, 5.41) is 3.37. The normalized spacial score (nSPS) is 13.0. The summed E-state index contributed by atoms with van der Waals surface area (Å²) in [5.41, 5.74) is 0.659. The highest BCUT2D eigenvalue weighted by Gasteiger charge is 2.16. The maximum atomic E-state index is 12.5. The highest BCUT2D eigenvalue weighted by Crippen LogP contribution is 2.19. The lowest BCUT2D eigenvalue weighted by Crippen LogP contribution is -2.29. The van der Waals surface area contributed by atoms with Crippen LogP contribution in [-0.4, -0.2) is 28.6 Å². The summed E-state index contributed by atoms with van der Waals surface area (Å²) >= 11 is 0. The Labute approximate surface area is 140 Å². The number of nitrogens with zero attached hydrogens (tertiary/aromatic N) is 2. The van der Waals surface area contributed by atoms with Crippen molar-refractivity contribution in [2.24, 2.45) is 0 Å². The van der Waals surface area contributed by atoms with E-state index in [1.807, 2.05) is 0 Å². The molecule has 2 aromatic rings. The van der Waals surface area contributed by atoms with Gasteiger partial charge in [0, 0.05) is 19.5 Å². The van der Waals surface area contributed by atoms with Gasteiger partial charge in [0.25, 0.3) is 11.5 Å². The number of ether oxygens (including phenoxy) is 1. The van der Waals surface area contributed by atoms with Crippen molar-refractivity contribution in [2.45, 2.75) is 45.6 Å². The van der Waals surface area contributed by atoms with Gasteiger partial charge in [-0.15, -0.1) is 0 Å². The molecular formula is C18H23N3O3. The van der Waals surface area contributed by atoms with Crippen LogP contribution >= 0.6 is 0 Å². The molecule has 128 valence electrons. The second kappa shape index (κ2) is 7.47. The molecule has 1 amide bonds. The first-order valence-corrected chi connectivity index (χ1v) is 8.62. The molecule has 1 aromatic carbocycles. The largest absolute Gasteiger partial charge is 0.484 e. The maximum Gasteiger partial charge on any atom is 0.261 e. The molecule has 1 aromatic heterocycles. The van der Waals surface area contributed by atoms with Gasteiger partial charge in [0.1, 0.15) is 11.6 Å². The number of nitrogens with one attached hydrogen (secondary N) is 1. The molecule has 1 aliphatic rings. The Bertz CT molecular complexity index is 798.